The van der Waals surface area contributed by atoms with Gasteiger partial charge in [-0.3, -0.25) is 15.1 Å². The number of halogens is 1. The van der Waals surface area contributed by atoms with Gasteiger partial charge < -0.3 is 20.4 Å². The van der Waals surface area contributed by atoms with Crippen LogP contribution in [0.5, 0.6) is 11.5 Å². The number of benzene rings is 1. The number of hydrogen-bond acceptors (Lipinski definition) is 7. The maximum absolute atomic E-state index is 14.9. The highest BCUT2D eigenvalue weighted by Gasteiger charge is 2.22. The summed E-state index contributed by atoms with van der Waals surface area (Å²) < 4.78 is 22.2. The number of aromatic amines is 1. The van der Waals surface area contributed by atoms with Crippen molar-refractivity contribution in [1.29, 1.82) is 0 Å². The number of pyridine rings is 2. The minimum Gasteiger partial charge on any atom is -0.455 e. The van der Waals surface area contributed by atoms with E-state index in [1.165, 1.54) is 35.1 Å². The van der Waals surface area contributed by atoms with E-state index in [2.05, 4.69) is 36.0 Å². The average molecular weight is 517 g/mol. The topological polar surface area (TPSA) is 138 Å². The van der Waals surface area contributed by atoms with E-state index in [1.807, 2.05) is 20.8 Å². The zero-order valence-corrected chi connectivity index (χ0v) is 20.9. The molecule has 194 valence electrons. The Morgan fingerprint density at radius 1 is 1.13 bits per heavy atom. The number of anilines is 3. The Kier molecular flexibility index (Phi) is 6.37. The minimum atomic E-state index is -0.694. The summed E-state index contributed by atoms with van der Waals surface area (Å²) in [6.45, 7) is 6.49. The normalized spacial score (nSPS) is 12.4. The molecule has 2 amide bonds. The number of aliphatic imine (C=N–C) groups is 1. The maximum atomic E-state index is 14.9. The van der Waals surface area contributed by atoms with Gasteiger partial charge in [-0.05, 0) is 18.2 Å². The minimum absolute atomic E-state index is 0.0513. The van der Waals surface area contributed by atoms with E-state index in [0.29, 0.717) is 41.0 Å². The van der Waals surface area contributed by atoms with Gasteiger partial charge in [0.25, 0.3) is 0 Å². The van der Waals surface area contributed by atoms with E-state index < -0.39 is 11.8 Å². The number of fused-ring (bicyclic) bond motifs is 1. The maximum Gasteiger partial charge on any atom is 0.324 e. The standard InChI is InChI=1S/C26H25FN8O3/c1-26(2,3)20-14-21(35(34-20)15-6-8-28-22(36)12-15)33-25(37)32-18-5-4-16(13-17(18)27)38-19-7-9-30-24-23(19)29-10-11-31-24/h4-10,12-14H,11H2,1-3H3,(H,28,36)(H,30,31)(H2,32,33,37). The molecular weight excluding hydrogens is 491 g/mol. The Hall–Kier alpha value is -5.00. The molecule has 4 aromatic rings. The predicted molar refractivity (Wildman–Crippen MR) is 143 cm³/mol. The first-order chi connectivity index (χ1) is 18.2. The molecule has 4 heterocycles. The van der Waals surface area contributed by atoms with Crippen LogP contribution in [0.4, 0.5) is 32.2 Å². The summed E-state index contributed by atoms with van der Waals surface area (Å²) in [5.41, 5.74) is 0.988. The summed E-state index contributed by atoms with van der Waals surface area (Å²) in [5, 5.41) is 12.9. The molecule has 0 bridgehead atoms. The number of aromatic nitrogens is 4. The number of amides is 2. The first-order valence-corrected chi connectivity index (χ1v) is 11.8. The Labute approximate surface area is 216 Å². The van der Waals surface area contributed by atoms with Crippen LogP contribution in [0.15, 0.2) is 64.6 Å². The molecular formula is C26H25FN8O3. The van der Waals surface area contributed by atoms with Crippen LogP contribution in [0.3, 0.4) is 0 Å². The monoisotopic (exact) mass is 516 g/mol. The zero-order chi connectivity index (χ0) is 26.9. The molecule has 0 atom stereocenters. The number of rotatable bonds is 5. The van der Waals surface area contributed by atoms with Crippen molar-refractivity contribution >= 4 is 35.3 Å². The van der Waals surface area contributed by atoms with Gasteiger partial charge in [-0.25, -0.2) is 18.9 Å². The molecule has 1 aliphatic heterocycles. The highest BCUT2D eigenvalue weighted by molar-refractivity contribution is 5.99. The number of ether oxygens (including phenoxy) is 1. The lowest BCUT2D eigenvalue weighted by Crippen LogP contribution is -2.22. The van der Waals surface area contributed by atoms with E-state index in [-0.39, 0.29) is 22.4 Å². The van der Waals surface area contributed by atoms with E-state index in [0.717, 1.165) is 0 Å². The first-order valence-electron chi connectivity index (χ1n) is 11.8. The lowest BCUT2D eigenvalue weighted by molar-refractivity contribution is 0.262. The molecule has 11 nitrogen and oxygen atoms in total. The second-order valence-corrected chi connectivity index (χ2v) is 9.51. The zero-order valence-electron chi connectivity index (χ0n) is 20.9. The summed E-state index contributed by atoms with van der Waals surface area (Å²) >= 11 is 0. The Morgan fingerprint density at radius 3 is 2.74 bits per heavy atom. The van der Waals surface area contributed by atoms with Crippen LogP contribution in [0, 0.1) is 5.82 Å². The van der Waals surface area contributed by atoms with Gasteiger partial charge in [0.15, 0.2) is 11.6 Å². The van der Waals surface area contributed by atoms with Crippen LogP contribution in [0.25, 0.3) is 5.69 Å². The number of carbonyl (C=O) groups is 1. The van der Waals surface area contributed by atoms with E-state index in [9.17, 15) is 14.0 Å². The molecule has 0 saturated carbocycles. The first kappa shape index (κ1) is 24.7. The number of urea groups is 1. The predicted octanol–water partition coefficient (Wildman–Crippen LogP) is 4.96. The molecule has 12 heteroatoms. The highest BCUT2D eigenvalue weighted by Crippen LogP contribution is 2.38. The number of H-pyrrole nitrogens is 1. The molecule has 0 fully saturated rings. The Balaban J connectivity index is 1.34. The SMILES string of the molecule is CC(C)(C)c1cc(NC(=O)Nc2ccc(Oc3ccnc4c3N=CCN4)cc2F)n(-c2cc[nH]c(=O)c2)n1. The van der Waals surface area contributed by atoms with Gasteiger partial charge >= 0.3 is 6.03 Å². The Morgan fingerprint density at radius 2 is 1.97 bits per heavy atom. The van der Waals surface area contributed by atoms with E-state index >= 15 is 0 Å². The molecule has 38 heavy (non-hydrogen) atoms. The summed E-state index contributed by atoms with van der Waals surface area (Å²) in [7, 11) is 0. The largest absolute Gasteiger partial charge is 0.455 e. The molecule has 4 N–H and O–H groups in total. The van der Waals surface area contributed by atoms with Gasteiger partial charge in [0, 0.05) is 48.3 Å². The molecule has 1 aromatic carbocycles. The van der Waals surface area contributed by atoms with Gasteiger partial charge in [-0.2, -0.15) is 5.10 Å². The lowest BCUT2D eigenvalue weighted by Gasteiger charge is -2.15. The van der Waals surface area contributed by atoms with Crippen molar-refractivity contribution in [3.05, 3.63) is 76.7 Å². The third kappa shape index (κ3) is 5.24. The molecule has 3 aromatic heterocycles. The summed E-state index contributed by atoms with van der Waals surface area (Å²) in [6, 6.07) is 9.77. The molecule has 0 radical (unpaired) electrons. The van der Waals surface area contributed by atoms with Crippen molar-refractivity contribution in [3.63, 3.8) is 0 Å². The second kappa shape index (κ2) is 9.81. The van der Waals surface area contributed by atoms with Crippen LogP contribution in [0.1, 0.15) is 26.5 Å². The lowest BCUT2D eigenvalue weighted by atomic mass is 9.92. The van der Waals surface area contributed by atoms with Gasteiger partial charge in [-0.15, -0.1) is 0 Å². The van der Waals surface area contributed by atoms with Crippen LogP contribution in [-0.2, 0) is 5.41 Å². The van der Waals surface area contributed by atoms with E-state index in [1.54, 1.807) is 30.6 Å². The van der Waals surface area contributed by atoms with Crippen molar-refractivity contribution in [2.24, 2.45) is 4.99 Å². The molecule has 0 saturated heterocycles. The van der Waals surface area contributed by atoms with Crippen molar-refractivity contribution in [1.82, 2.24) is 19.7 Å². The van der Waals surface area contributed by atoms with Crippen molar-refractivity contribution in [2.75, 3.05) is 22.5 Å². The van der Waals surface area contributed by atoms with E-state index in [4.69, 9.17) is 4.74 Å². The average Bonchev–Trinajstić information content (AvgIpc) is 3.30. The summed E-state index contributed by atoms with van der Waals surface area (Å²) in [5.74, 6) is 0.842. The summed E-state index contributed by atoms with van der Waals surface area (Å²) in [6.07, 6.45) is 4.75. The smallest absolute Gasteiger partial charge is 0.324 e. The number of nitrogens with zero attached hydrogens (tertiary/aromatic N) is 4. The van der Waals surface area contributed by atoms with Gasteiger partial charge in [-0.1, -0.05) is 20.8 Å². The molecule has 0 spiro atoms. The van der Waals surface area contributed by atoms with Crippen LogP contribution in [0.2, 0.25) is 0 Å². The number of carbonyl (C=O) groups excluding carboxylic acids is 1. The van der Waals surface area contributed by atoms with Gasteiger partial charge in [0.1, 0.15) is 23.1 Å². The second-order valence-electron chi connectivity index (χ2n) is 9.51. The van der Waals surface area contributed by atoms with Crippen molar-refractivity contribution in [2.45, 2.75) is 26.2 Å². The van der Waals surface area contributed by atoms with Crippen LogP contribution < -0.4 is 26.2 Å². The van der Waals surface area contributed by atoms with Gasteiger partial charge in [0.05, 0.1) is 23.6 Å². The van der Waals surface area contributed by atoms with Crippen LogP contribution in [-0.4, -0.2) is 38.5 Å². The molecule has 0 aliphatic carbocycles. The Bertz CT molecular complexity index is 1600. The quantitative estimate of drug-likeness (QED) is 0.296. The third-order valence-corrected chi connectivity index (χ3v) is 5.61. The number of nitrogens with one attached hydrogen (secondary N) is 4. The highest BCUT2D eigenvalue weighted by atomic mass is 19.1. The fraction of sp³-hybridized carbons (Fsp3) is 0.192. The fourth-order valence-corrected chi connectivity index (χ4v) is 3.71. The molecule has 1 aliphatic rings. The summed E-state index contributed by atoms with van der Waals surface area (Å²) in [4.78, 5) is 35.7. The molecule has 0 unspecified atom stereocenters. The van der Waals surface area contributed by atoms with Crippen molar-refractivity contribution in [3.8, 4) is 17.2 Å². The fourth-order valence-electron chi connectivity index (χ4n) is 3.71. The van der Waals surface area contributed by atoms with Crippen molar-refractivity contribution < 1.29 is 13.9 Å². The van der Waals surface area contributed by atoms with Gasteiger partial charge in [0.2, 0.25) is 5.56 Å². The third-order valence-electron chi connectivity index (χ3n) is 5.61. The number of hydrogen-bond donors (Lipinski definition) is 4. The van der Waals surface area contributed by atoms with Crippen LogP contribution >= 0.6 is 0 Å². The molecule has 5 rings (SSSR count).